The lowest BCUT2D eigenvalue weighted by Gasteiger charge is -2.11. The van der Waals surface area contributed by atoms with E-state index in [0.29, 0.717) is 5.56 Å². The third-order valence-electron chi connectivity index (χ3n) is 1.48. The molecule has 1 aromatic carbocycles. The molecular formula is C8H8F3NO2. The Morgan fingerprint density at radius 2 is 2.00 bits per heavy atom. The van der Waals surface area contributed by atoms with E-state index >= 15 is 0 Å². The molecule has 0 aliphatic rings. The van der Waals surface area contributed by atoms with Crippen molar-refractivity contribution < 1.29 is 23.0 Å². The molecule has 0 aromatic heterocycles. The van der Waals surface area contributed by atoms with Gasteiger partial charge in [0.1, 0.15) is 0 Å². The average molecular weight is 207 g/mol. The van der Waals surface area contributed by atoms with Gasteiger partial charge in [0.05, 0.1) is 12.3 Å². The summed E-state index contributed by atoms with van der Waals surface area (Å²) in [5.74, 6) is -0.463. The maximum absolute atomic E-state index is 11.8. The fourth-order valence-electron chi connectivity index (χ4n) is 0.914. The molecule has 0 saturated carbocycles. The standard InChI is InChI=1S/C8H8F3NO2/c9-8(10,11)14-7-2-1-5(4-13)3-6(7)12/h1-3,13H,4,12H2. The summed E-state index contributed by atoms with van der Waals surface area (Å²) in [4.78, 5) is 0. The number of nitrogen functional groups attached to an aromatic ring is 1. The van der Waals surface area contributed by atoms with Gasteiger partial charge in [0, 0.05) is 0 Å². The van der Waals surface area contributed by atoms with Gasteiger partial charge in [0.15, 0.2) is 5.75 Å². The maximum atomic E-state index is 11.8. The van der Waals surface area contributed by atoms with E-state index in [4.69, 9.17) is 10.8 Å². The third-order valence-corrected chi connectivity index (χ3v) is 1.48. The number of ether oxygens (including phenoxy) is 1. The highest BCUT2D eigenvalue weighted by Crippen LogP contribution is 2.28. The Kier molecular flexibility index (Phi) is 2.85. The molecule has 0 aliphatic heterocycles. The second-order valence-corrected chi connectivity index (χ2v) is 2.58. The number of rotatable bonds is 2. The molecule has 14 heavy (non-hydrogen) atoms. The quantitative estimate of drug-likeness (QED) is 0.725. The van der Waals surface area contributed by atoms with Crippen LogP contribution in [0.15, 0.2) is 18.2 Å². The molecule has 0 saturated heterocycles. The van der Waals surface area contributed by atoms with Crippen LogP contribution in [0.4, 0.5) is 18.9 Å². The van der Waals surface area contributed by atoms with Gasteiger partial charge in [-0.1, -0.05) is 6.07 Å². The topological polar surface area (TPSA) is 55.5 Å². The lowest BCUT2D eigenvalue weighted by Crippen LogP contribution is -2.18. The number of aliphatic hydroxyl groups is 1. The summed E-state index contributed by atoms with van der Waals surface area (Å²) in [5.41, 5.74) is 5.54. The minimum Gasteiger partial charge on any atom is -0.404 e. The molecule has 3 N–H and O–H groups in total. The Hall–Kier alpha value is -1.43. The van der Waals surface area contributed by atoms with Crippen molar-refractivity contribution >= 4 is 5.69 Å². The van der Waals surface area contributed by atoms with E-state index in [1.54, 1.807) is 0 Å². The number of hydrogen-bond acceptors (Lipinski definition) is 3. The van der Waals surface area contributed by atoms with Crippen LogP contribution in [0.25, 0.3) is 0 Å². The second-order valence-electron chi connectivity index (χ2n) is 2.58. The molecule has 0 atom stereocenters. The van der Waals surface area contributed by atoms with Gasteiger partial charge in [-0.05, 0) is 17.7 Å². The Morgan fingerprint density at radius 1 is 1.36 bits per heavy atom. The molecule has 0 spiro atoms. The number of halogens is 3. The van der Waals surface area contributed by atoms with Crippen molar-refractivity contribution in [3.8, 4) is 5.75 Å². The first-order valence-electron chi connectivity index (χ1n) is 3.67. The summed E-state index contributed by atoms with van der Waals surface area (Å²) >= 11 is 0. The summed E-state index contributed by atoms with van der Waals surface area (Å²) in [5, 5.41) is 8.67. The molecule has 0 radical (unpaired) electrons. The number of benzene rings is 1. The fourth-order valence-corrected chi connectivity index (χ4v) is 0.914. The van der Waals surface area contributed by atoms with Crippen molar-refractivity contribution in [2.75, 3.05) is 5.73 Å². The molecule has 0 unspecified atom stereocenters. The molecule has 0 heterocycles. The largest absolute Gasteiger partial charge is 0.573 e. The van der Waals surface area contributed by atoms with Crippen LogP contribution in [-0.4, -0.2) is 11.5 Å². The molecule has 6 heteroatoms. The Morgan fingerprint density at radius 3 is 2.43 bits per heavy atom. The predicted molar refractivity (Wildman–Crippen MR) is 43.5 cm³/mol. The highest BCUT2D eigenvalue weighted by molar-refractivity contribution is 5.54. The van der Waals surface area contributed by atoms with Crippen LogP contribution in [-0.2, 0) is 6.61 Å². The van der Waals surface area contributed by atoms with E-state index in [-0.39, 0.29) is 12.3 Å². The van der Waals surface area contributed by atoms with Crippen molar-refractivity contribution in [3.63, 3.8) is 0 Å². The van der Waals surface area contributed by atoms with Gasteiger partial charge in [-0.2, -0.15) is 0 Å². The third kappa shape index (κ3) is 2.81. The summed E-state index contributed by atoms with van der Waals surface area (Å²) in [6.45, 7) is -0.281. The normalized spacial score (nSPS) is 11.4. The van der Waals surface area contributed by atoms with E-state index in [1.807, 2.05) is 0 Å². The molecule has 0 bridgehead atoms. The van der Waals surface area contributed by atoms with Crippen LogP contribution in [0.5, 0.6) is 5.75 Å². The Balaban J connectivity index is 2.89. The van der Waals surface area contributed by atoms with Crippen molar-refractivity contribution in [2.45, 2.75) is 13.0 Å². The van der Waals surface area contributed by atoms with E-state index in [1.165, 1.54) is 12.1 Å². The molecule has 3 nitrogen and oxygen atoms in total. The zero-order valence-corrected chi connectivity index (χ0v) is 7.01. The second kappa shape index (κ2) is 3.75. The number of anilines is 1. The van der Waals surface area contributed by atoms with Gasteiger partial charge in [-0.25, -0.2) is 0 Å². The molecule has 0 fully saturated rings. The maximum Gasteiger partial charge on any atom is 0.573 e. The fraction of sp³-hybridized carbons (Fsp3) is 0.250. The number of alkyl halides is 3. The predicted octanol–water partition coefficient (Wildman–Crippen LogP) is 1.66. The van der Waals surface area contributed by atoms with Gasteiger partial charge < -0.3 is 15.6 Å². The monoisotopic (exact) mass is 207 g/mol. The first-order valence-corrected chi connectivity index (χ1v) is 3.67. The minimum atomic E-state index is -4.76. The van der Waals surface area contributed by atoms with Crippen LogP contribution in [0, 0.1) is 0 Å². The van der Waals surface area contributed by atoms with E-state index < -0.39 is 12.1 Å². The number of aliphatic hydroxyl groups excluding tert-OH is 1. The van der Waals surface area contributed by atoms with Crippen molar-refractivity contribution in [1.82, 2.24) is 0 Å². The van der Waals surface area contributed by atoms with Gasteiger partial charge in [0.2, 0.25) is 0 Å². The smallest absolute Gasteiger partial charge is 0.404 e. The first kappa shape index (κ1) is 10.6. The average Bonchev–Trinajstić information content (AvgIpc) is 2.06. The molecule has 78 valence electrons. The molecule has 1 rings (SSSR count). The van der Waals surface area contributed by atoms with Crippen LogP contribution in [0.3, 0.4) is 0 Å². The zero-order valence-electron chi connectivity index (χ0n) is 7.01. The SMILES string of the molecule is Nc1cc(CO)ccc1OC(F)(F)F. The van der Waals surface area contributed by atoms with Crippen molar-refractivity contribution in [1.29, 1.82) is 0 Å². The molecule has 0 amide bonds. The van der Waals surface area contributed by atoms with Crippen molar-refractivity contribution in [2.24, 2.45) is 0 Å². The zero-order chi connectivity index (χ0) is 10.8. The van der Waals surface area contributed by atoms with Gasteiger partial charge >= 0.3 is 6.36 Å². The highest BCUT2D eigenvalue weighted by Gasteiger charge is 2.31. The molecular weight excluding hydrogens is 199 g/mol. The lowest BCUT2D eigenvalue weighted by molar-refractivity contribution is -0.274. The molecule has 1 aromatic rings. The van der Waals surface area contributed by atoms with Crippen molar-refractivity contribution in [3.05, 3.63) is 23.8 Å². The van der Waals surface area contributed by atoms with Crippen LogP contribution in [0.1, 0.15) is 5.56 Å². The van der Waals surface area contributed by atoms with Crippen LogP contribution in [0.2, 0.25) is 0 Å². The van der Waals surface area contributed by atoms with E-state index in [9.17, 15) is 13.2 Å². The van der Waals surface area contributed by atoms with Gasteiger partial charge in [-0.15, -0.1) is 13.2 Å². The lowest BCUT2D eigenvalue weighted by atomic mass is 10.2. The van der Waals surface area contributed by atoms with E-state index in [2.05, 4.69) is 4.74 Å². The first-order chi connectivity index (χ1) is 6.42. The Bertz CT molecular complexity index is 325. The molecule has 0 aliphatic carbocycles. The summed E-state index contributed by atoms with van der Waals surface area (Å²) in [6.07, 6.45) is -4.76. The summed E-state index contributed by atoms with van der Waals surface area (Å²) < 4.78 is 39.0. The van der Waals surface area contributed by atoms with E-state index in [0.717, 1.165) is 6.07 Å². The van der Waals surface area contributed by atoms with Crippen LogP contribution < -0.4 is 10.5 Å². The highest BCUT2D eigenvalue weighted by atomic mass is 19.4. The van der Waals surface area contributed by atoms with Gasteiger partial charge in [0.25, 0.3) is 0 Å². The number of nitrogens with two attached hydrogens (primary N) is 1. The number of hydrogen-bond donors (Lipinski definition) is 2. The van der Waals surface area contributed by atoms with Crippen LogP contribution >= 0.6 is 0 Å². The van der Waals surface area contributed by atoms with Gasteiger partial charge in [-0.3, -0.25) is 0 Å². The Labute approximate surface area is 77.9 Å². The summed E-state index contributed by atoms with van der Waals surface area (Å²) in [6, 6.07) is 3.59. The minimum absolute atomic E-state index is 0.158. The summed E-state index contributed by atoms with van der Waals surface area (Å²) in [7, 11) is 0.